The highest BCUT2D eigenvalue weighted by atomic mass is 32.1. The van der Waals surface area contributed by atoms with E-state index in [1.807, 2.05) is 19.1 Å². The molecule has 22 heavy (non-hydrogen) atoms. The lowest BCUT2D eigenvalue weighted by molar-refractivity contribution is 0.0947. The number of carbonyl (C=O) groups excluding carboxylic acids is 1. The first-order valence-corrected chi connectivity index (χ1v) is 8.55. The van der Waals surface area contributed by atoms with Crippen LogP contribution < -0.4 is 11.1 Å². The quantitative estimate of drug-likeness (QED) is 0.907. The minimum absolute atomic E-state index is 0.00748. The zero-order chi connectivity index (χ0) is 15.7. The van der Waals surface area contributed by atoms with Gasteiger partial charge < -0.3 is 16.0 Å². The standard InChI is InChI=1S/C16H22N4OS/c1-3-20-5-4-11(9-20)8-18-15(21)12-6-10(2)14-13(7-12)22-16(17)19-14/h6-7,11H,3-5,8-9H2,1-2H3,(H2,17,19)(H,18,21). The van der Waals surface area contributed by atoms with Crippen LogP contribution in [0.1, 0.15) is 29.3 Å². The molecule has 6 heteroatoms. The maximum Gasteiger partial charge on any atom is 0.251 e. The van der Waals surface area contributed by atoms with E-state index in [2.05, 4.69) is 22.1 Å². The van der Waals surface area contributed by atoms with Gasteiger partial charge in [0.1, 0.15) is 0 Å². The normalized spacial score (nSPS) is 18.9. The van der Waals surface area contributed by atoms with E-state index in [-0.39, 0.29) is 5.91 Å². The van der Waals surface area contributed by atoms with E-state index < -0.39 is 0 Å². The largest absolute Gasteiger partial charge is 0.375 e. The SMILES string of the molecule is CCN1CCC(CNC(=O)c2cc(C)c3nc(N)sc3c2)C1. The Kier molecular flexibility index (Phi) is 4.31. The number of anilines is 1. The van der Waals surface area contributed by atoms with Crippen LogP contribution in [0.5, 0.6) is 0 Å². The Morgan fingerprint density at radius 1 is 1.55 bits per heavy atom. The fraction of sp³-hybridized carbons (Fsp3) is 0.500. The number of nitrogens with two attached hydrogens (primary N) is 1. The van der Waals surface area contributed by atoms with E-state index in [0.717, 1.165) is 48.4 Å². The topological polar surface area (TPSA) is 71.2 Å². The molecule has 1 unspecified atom stereocenters. The minimum atomic E-state index is -0.00748. The van der Waals surface area contributed by atoms with Crippen molar-refractivity contribution in [3.63, 3.8) is 0 Å². The molecule has 3 rings (SSSR count). The third kappa shape index (κ3) is 3.08. The summed E-state index contributed by atoms with van der Waals surface area (Å²) in [5.41, 5.74) is 8.34. The molecule has 3 N–H and O–H groups in total. The Hall–Kier alpha value is -1.66. The zero-order valence-corrected chi connectivity index (χ0v) is 13.9. The average molecular weight is 318 g/mol. The number of hydrogen-bond acceptors (Lipinski definition) is 5. The van der Waals surface area contributed by atoms with E-state index in [1.165, 1.54) is 11.3 Å². The van der Waals surface area contributed by atoms with Crippen molar-refractivity contribution < 1.29 is 4.79 Å². The molecule has 118 valence electrons. The van der Waals surface area contributed by atoms with Crippen molar-refractivity contribution in [3.8, 4) is 0 Å². The second-order valence-electron chi connectivity index (χ2n) is 5.95. The average Bonchev–Trinajstić information content (AvgIpc) is 3.10. The fourth-order valence-corrected chi connectivity index (χ4v) is 3.90. The smallest absolute Gasteiger partial charge is 0.251 e. The number of hydrogen-bond donors (Lipinski definition) is 2. The summed E-state index contributed by atoms with van der Waals surface area (Å²) in [5, 5.41) is 3.61. The second kappa shape index (κ2) is 6.22. The number of benzene rings is 1. The van der Waals surface area contributed by atoms with E-state index in [1.54, 1.807) is 0 Å². The molecule has 2 aromatic rings. The first kappa shape index (κ1) is 15.2. The van der Waals surface area contributed by atoms with Crippen molar-refractivity contribution in [3.05, 3.63) is 23.3 Å². The van der Waals surface area contributed by atoms with Crippen molar-refractivity contribution in [2.45, 2.75) is 20.3 Å². The van der Waals surface area contributed by atoms with Crippen molar-refractivity contribution in [2.24, 2.45) is 5.92 Å². The van der Waals surface area contributed by atoms with Gasteiger partial charge in [-0.15, -0.1) is 0 Å². The van der Waals surface area contributed by atoms with Crippen LogP contribution in [-0.4, -0.2) is 42.0 Å². The Balaban J connectivity index is 1.67. The van der Waals surface area contributed by atoms with Crippen LogP contribution in [0.2, 0.25) is 0 Å². The van der Waals surface area contributed by atoms with Crippen LogP contribution in [-0.2, 0) is 0 Å². The number of aryl methyl sites for hydroxylation is 1. The van der Waals surface area contributed by atoms with Gasteiger partial charge in [-0.1, -0.05) is 18.3 Å². The molecular weight excluding hydrogens is 296 g/mol. The van der Waals surface area contributed by atoms with Crippen molar-refractivity contribution in [1.29, 1.82) is 0 Å². The number of fused-ring (bicyclic) bond motifs is 1. The number of amides is 1. The number of rotatable bonds is 4. The van der Waals surface area contributed by atoms with E-state index in [0.29, 0.717) is 16.6 Å². The van der Waals surface area contributed by atoms with Gasteiger partial charge in [-0.05, 0) is 50.0 Å². The summed E-state index contributed by atoms with van der Waals surface area (Å²) in [6.45, 7) is 8.21. The first-order chi connectivity index (χ1) is 10.6. The predicted molar refractivity (Wildman–Crippen MR) is 91.3 cm³/mol. The highest BCUT2D eigenvalue weighted by molar-refractivity contribution is 7.22. The number of nitrogen functional groups attached to an aromatic ring is 1. The summed E-state index contributed by atoms with van der Waals surface area (Å²) in [4.78, 5) is 19.1. The highest BCUT2D eigenvalue weighted by Crippen LogP contribution is 2.27. The molecule has 1 atom stereocenters. The van der Waals surface area contributed by atoms with Gasteiger partial charge >= 0.3 is 0 Å². The summed E-state index contributed by atoms with van der Waals surface area (Å²) in [7, 11) is 0. The maximum absolute atomic E-state index is 12.4. The zero-order valence-electron chi connectivity index (χ0n) is 13.1. The highest BCUT2D eigenvalue weighted by Gasteiger charge is 2.21. The van der Waals surface area contributed by atoms with Gasteiger partial charge in [-0.2, -0.15) is 0 Å². The lowest BCUT2D eigenvalue weighted by atomic mass is 10.1. The molecule has 0 aliphatic carbocycles. The monoisotopic (exact) mass is 318 g/mol. The second-order valence-corrected chi connectivity index (χ2v) is 7.01. The number of thiazole rings is 1. The number of carbonyl (C=O) groups is 1. The molecule has 1 aliphatic rings. The number of aromatic nitrogens is 1. The molecule has 5 nitrogen and oxygen atoms in total. The molecule has 0 saturated carbocycles. The third-order valence-corrected chi connectivity index (χ3v) is 5.16. The van der Waals surface area contributed by atoms with Crippen molar-refractivity contribution >= 4 is 32.6 Å². The molecule has 0 radical (unpaired) electrons. The van der Waals surface area contributed by atoms with E-state index in [9.17, 15) is 4.79 Å². The summed E-state index contributed by atoms with van der Waals surface area (Å²) in [6, 6.07) is 3.78. The van der Waals surface area contributed by atoms with Crippen LogP contribution in [0.25, 0.3) is 10.2 Å². The summed E-state index contributed by atoms with van der Waals surface area (Å²) in [5.74, 6) is 0.555. The molecule has 0 bridgehead atoms. The number of nitrogens with one attached hydrogen (secondary N) is 1. The Bertz CT molecular complexity index is 697. The molecule has 0 spiro atoms. The molecule has 1 saturated heterocycles. The Morgan fingerprint density at radius 2 is 2.36 bits per heavy atom. The molecule has 2 heterocycles. The molecule has 1 aromatic carbocycles. The lowest BCUT2D eigenvalue weighted by Gasteiger charge is -2.14. The van der Waals surface area contributed by atoms with Gasteiger partial charge in [0.2, 0.25) is 0 Å². The van der Waals surface area contributed by atoms with Gasteiger partial charge in [0.15, 0.2) is 5.13 Å². The fourth-order valence-electron chi connectivity index (χ4n) is 3.05. The maximum atomic E-state index is 12.4. The van der Waals surface area contributed by atoms with Crippen molar-refractivity contribution in [1.82, 2.24) is 15.2 Å². The van der Waals surface area contributed by atoms with Gasteiger partial charge in [-0.25, -0.2) is 4.98 Å². The van der Waals surface area contributed by atoms with Crippen LogP contribution in [0, 0.1) is 12.8 Å². The van der Waals surface area contributed by atoms with Gasteiger partial charge in [0.05, 0.1) is 10.2 Å². The minimum Gasteiger partial charge on any atom is -0.375 e. The first-order valence-electron chi connectivity index (χ1n) is 7.74. The van der Waals surface area contributed by atoms with E-state index >= 15 is 0 Å². The summed E-state index contributed by atoms with van der Waals surface area (Å²) >= 11 is 1.42. The molecular formula is C16H22N4OS. The summed E-state index contributed by atoms with van der Waals surface area (Å²) < 4.78 is 0.973. The Labute approximate surface area is 134 Å². The summed E-state index contributed by atoms with van der Waals surface area (Å²) in [6.07, 6.45) is 1.16. The van der Waals surface area contributed by atoms with Crippen LogP contribution in [0.15, 0.2) is 12.1 Å². The van der Waals surface area contributed by atoms with E-state index in [4.69, 9.17) is 5.73 Å². The molecule has 1 aromatic heterocycles. The number of nitrogens with zero attached hydrogens (tertiary/aromatic N) is 2. The third-order valence-electron chi connectivity index (χ3n) is 4.33. The van der Waals surface area contributed by atoms with Gasteiger partial charge in [0, 0.05) is 18.7 Å². The number of likely N-dealkylation sites (tertiary alicyclic amines) is 1. The van der Waals surface area contributed by atoms with Crippen LogP contribution in [0.3, 0.4) is 0 Å². The Morgan fingerprint density at radius 3 is 3.09 bits per heavy atom. The van der Waals surface area contributed by atoms with Crippen LogP contribution in [0.4, 0.5) is 5.13 Å². The molecule has 1 amide bonds. The lowest BCUT2D eigenvalue weighted by Crippen LogP contribution is -2.31. The van der Waals surface area contributed by atoms with Crippen LogP contribution >= 0.6 is 11.3 Å². The molecule has 1 fully saturated rings. The predicted octanol–water partition coefficient (Wildman–Crippen LogP) is 2.26. The molecule has 1 aliphatic heterocycles. The van der Waals surface area contributed by atoms with Gasteiger partial charge in [-0.3, -0.25) is 4.79 Å². The van der Waals surface area contributed by atoms with Crippen molar-refractivity contribution in [2.75, 3.05) is 31.9 Å². The van der Waals surface area contributed by atoms with Gasteiger partial charge in [0.25, 0.3) is 5.91 Å².